The fourth-order valence-corrected chi connectivity index (χ4v) is 1.24. The molecular weight excluding hydrogens is 264 g/mol. The van der Waals surface area contributed by atoms with Crippen LogP contribution in [0.2, 0.25) is 0 Å². The molecule has 0 saturated heterocycles. The van der Waals surface area contributed by atoms with Gasteiger partial charge in [0.1, 0.15) is 6.61 Å². The Hall–Kier alpha value is -2.83. The molecular formula is C13H14N2O5. The molecule has 1 rings (SSSR count). The number of rotatable bonds is 6. The van der Waals surface area contributed by atoms with Crippen molar-refractivity contribution in [3.8, 4) is 0 Å². The van der Waals surface area contributed by atoms with Gasteiger partial charge in [-0.05, 0) is 24.3 Å². The summed E-state index contributed by atoms with van der Waals surface area (Å²) in [7, 11) is 0. The van der Waals surface area contributed by atoms with Crippen LogP contribution in [-0.2, 0) is 9.53 Å². The molecule has 7 nitrogen and oxygen atoms in total. The van der Waals surface area contributed by atoms with Crippen LogP contribution in [0.3, 0.4) is 0 Å². The van der Waals surface area contributed by atoms with Gasteiger partial charge < -0.3 is 15.2 Å². The Balaban J connectivity index is 2.38. The SMILES string of the molecule is C=CCOC(=O)NC(=O)CNc1ccc(C(=O)O)cc1. The van der Waals surface area contributed by atoms with Crippen molar-refractivity contribution in [3.63, 3.8) is 0 Å². The minimum absolute atomic E-state index is 0.0171. The highest BCUT2D eigenvalue weighted by Crippen LogP contribution is 2.08. The minimum atomic E-state index is -1.03. The first kappa shape index (κ1) is 15.2. The van der Waals surface area contributed by atoms with Crippen LogP contribution in [0.4, 0.5) is 10.5 Å². The number of nitrogens with one attached hydrogen (secondary N) is 2. The van der Waals surface area contributed by atoms with E-state index in [0.29, 0.717) is 5.69 Å². The Morgan fingerprint density at radius 3 is 2.45 bits per heavy atom. The number of carbonyl (C=O) groups excluding carboxylic acids is 2. The highest BCUT2D eigenvalue weighted by atomic mass is 16.5. The number of imide groups is 1. The number of alkyl carbamates (subject to hydrolysis) is 1. The van der Waals surface area contributed by atoms with Crippen LogP contribution in [0.25, 0.3) is 0 Å². The average molecular weight is 278 g/mol. The summed E-state index contributed by atoms with van der Waals surface area (Å²) in [6.45, 7) is 3.24. The zero-order valence-electron chi connectivity index (χ0n) is 10.6. The Morgan fingerprint density at radius 2 is 1.90 bits per heavy atom. The second-order valence-electron chi connectivity index (χ2n) is 3.67. The number of hydrogen-bond acceptors (Lipinski definition) is 5. The number of aromatic carboxylic acids is 1. The van der Waals surface area contributed by atoms with Crippen LogP contribution in [0.5, 0.6) is 0 Å². The molecule has 0 aliphatic heterocycles. The lowest BCUT2D eigenvalue weighted by molar-refractivity contribution is -0.118. The first-order valence-electron chi connectivity index (χ1n) is 5.67. The molecule has 0 atom stereocenters. The van der Waals surface area contributed by atoms with E-state index in [1.165, 1.54) is 30.3 Å². The summed E-state index contributed by atoms with van der Waals surface area (Å²) in [4.78, 5) is 33.1. The van der Waals surface area contributed by atoms with Crippen LogP contribution in [0.15, 0.2) is 36.9 Å². The molecule has 0 aliphatic carbocycles. The molecule has 0 spiro atoms. The van der Waals surface area contributed by atoms with Gasteiger partial charge in [0.2, 0.25) is 5.91 Å². The Kier molecular flexibility index (Phi) is 5.76. The summed E-state index contributed by atoms with van der Waals surface area (Å²) in [6.07, 6.45) is 0.532. The van der Waals surface area contributed by atoms with Crippen LogP contribution in [0, 0.1) is 0 Å². The second kappa shape index (κ2) is 7.57. The number of benzene rings is 1. The van der Waals surface area contributed by atoms with E-state index in [4.69, 9.17) is 5.11 Å². The second-order valence-corrected chi connectivity index (χ2v) is 3.67. The lowest BCUT2D eigenvalue weighted by atomic mass is 10.2. The molecule has 0 heterocycles. The molecule has 7 heteroatoms. The topological polar surface area (TPSA) is 105 Å². The van der Waals surface area contributed by atoms with Crippen molar-refractivity contribution in [3.05, 3.63) is 42.5 Å². The van der Waals surface area contributed by atoms with Gasteiger partial charge in [0.25, 0.3) is 0 Å². The van der Waals surface area contributed by atoms with E-state index in [9.17, 15) is 14.4 Å². The number of carbonyl (C=O) groups is 3. The van der Waals surface area contributed by atoms with E-state index in [1.54, 1.807) is 0 Å². The van der Waals surface area contributed by atoms with Crippen LogP contribution < -0.4 is 10.6 Å². The molecule has 0 unspecified atom stereocenters. The van der Waals surface area contributed by atoms with Crippen molar-refractivity contribution < 1.29 is 24.2 Å². The maximum absolute atomic E-state index is 11.4. The quantitative estimate of drug-likeness (QED) is 0.676. The van der Waals surface area contributed by atoms with Gasteiger partial charge in [-0.25, -0.2) is 9.59 Å². The summed E-state index contributed by atoms with van der Waals surface area (Å²) in [5.41, 5.74) is 0.706. The van der Waals surface area contributed by atoms with Crippen molar-refractivity contribution in [2.75, 3.05) is 18.5 Å². The van der Waals surface area contributed by atoms with Gasteiger partial charge in [-0.3, -0.25) is 10.1 Å². The first-order valence-corrected chi connectivity index (χ1v) is 5.67. The molecule has 0 saturated carbocycles. The Morgan fingerprint density at radius 1 is 1.25 bits per heavy atom. The fraction of sp³-hybridized carbons (Fsp3) is 0.154. The zero-order chi connectivity index (χ0) is 15.0. The van der Waals surface area contributed by atoms with Crippen molar-refractivity contribution in [1.82, 2.24) is 5.32 Å². The summed E-state index contributed by atoms with van der Waals surface area (Å²) in [5.74, 6) is -1.60. The highest BCUT2D eigenvalue weighted by Gasteiger charge is 2.08. The van der Waals surface area contributed by atoms with E-state index in [2.05, 4.69) is 16.6 Å². The third-order valence-electron chi connectivity index (χ3n) is 2.16. The van der Waals surface area contributed by atoms with Gasteiger partial charge in [-0.2, -0.15) is 0 Å². The van der Waals surface area contributed by atoms with Gasteiger partial charge >= 0.3 is 12.1 Å². The summed E-state index contributed by atoms with van der Waals surface area (Å²) < 4.78 is 4.57. The molecule has 0 aromatic heterocycles. The van der Waals surface area contributed by atoms with Gasteiger partial charge in [-0.15, -0.1) is 0 Å². The third kappa shape index (κ3) is 5.21. The zero-order valence-corrected chi connectivity index (χ0v) is 10.6. The van der Waals surface area contributed by atoms with Gasteiger partial charge in [0, 0.05) is 5.69 Å². The number of carboxylic acid groups (broad SMARTS) is 1. The summed E-state index contributed by atoms with van der Waals surface area (Å²) in [5, 5.41) is 13.5. The predicted molar refractivity (Wildman–Crippen MR) is 71.6 cm³/mol. The number of amides is 2. The summed E-state index contributed by atoms with van der Waals surface area (Å²) in [6, 6.07) is 5.85. The molecule has 0 aliphatic rings. The van der Waals surface area contributed by atoms with Crippen LogP contribution >= 0.6 is 0 Å². The number of ether oxygens (including phenoxy) is 1. The molecule has 1 aromatic rings. The standard InChI is InChI=1S/C13H14N2O5/c1-2-7-20-13(19)15-11(16)8-14-10-5-3-9(4-6-10)12(17)18/h2-6,14H,1,7-8H2,(H,17,18)(H,15,16,19). The lowest BCUT2D eigenvalue weighted by Gasteiger charge is -2.07. The molecule has 1 aromatic carbocycles. The number of hydrogen-bond donors (Lipinski definition) is 3. The third-order valence-corrected chi connectivity index (χ3v) is 2.16. The van der Waals surface area contributed by atoms with Gasteiger partial charge in [-0.1, -0.05) is 12.7 Å². The Bertz CT molecular complexity index is 510. The molecule has 2 amide bonds. The van der Waals surface area contributed by atoms with Crippen molar-refractivity contribution in [2.45, 2.75) is 0 Å². The van der Waals surface area contributed by atoms with E-state index >= 15 is 0 Å². The molecule has 3 N–H and O–H groups in total. The van der Waals surface area contributed by atoms with E-state index in [-0.39, 0.29) is 18.7 Å². The lowest BCUT2D eigenvalue weighted by Crippen LogP contribution is -2.35. The Labute approximate surface area is 115 Å². The molecule has 106 valence electrons. The van der Waals surface area contributed by atoms with Crippen LogP contribution in [0.1, 0.15) is 10.4 Å². The molecule has 0 bridgehead atoms. The minimum Gasteiger partial charge on any atom is -0.478 e. The van der Waals surface area contributed by atoms with Gasteiger partial charge in [0.15, 0.2) is 0 Å². The van der Waals surface area contributed by atoms with Crippen molar-refractivity contribution >= 4 is 23.7 Å². The molecule has 20 heavy (non-hydrogen) atoms. The summed E-state index contributed by atoms with van der Waals surface area (Å²) >= 11 is 0. The molecule has 0 fully saturated rings. The number of anilines is 1. The van der Waals surface area contributed by atoms with Gasteiger partial charge in [0.05, 0.1) is 12.1 Å². The van der Waals surface area contributed by atoms with Crippen molar-refractivity contribution in [2.24, 2.45) is 0 Å². The monoisotopic (exact) mass is 278 g/mol. The van der Waals surface area contributed by atoms with E-state index in [1.807, 2.05) is 5.32 Å². The predicted octanol–water partition coefficient (Wildman–Crippen LogP) is 1.24. The smallest absolute Gasteiger partial charge is 0.414 e. The fourth-order valence-electron chi connectivity index (χ4n) is 1.24. The normalized spacial score (nSPS) is 9.40. The first-order chi connectivity index (χ1) is 9.52. The van der Waals surface area contributed by atoms with Crippen LogP contribution in [-0.4, -0.2) is 36.2 Å². The maximum Gasteiger partial charge on any atom is 0.414 e. The maximum atomic E-state index is 11.4. The highest BCUT2D eigenvalue weighted by molar-refractivity contribution is 5.94. The largest absolute Gasteiger partial charge is 0.478 e. The average Bonchev–Trinajstić information content (AvgIpc) is 2.43. The van der Waals surface area contributed by atoms with E-state index in [0.717, 1.165) is 0 Å². The van der Waals surface area contributed by atoms with E-state index < -0.39 is 18.0 Å². The molecule has 0 radical (unpaired) electrons. The number of carboxylic acids is 1. The van der Waals surface area contributed by atoms with Crippen molar-refractivity contribution in [1.29, 1.82) is 0 Å².